The van der Waals surface area contributed by atoms with E-state index in [4.69, 9.17) is 22.1 Å². The zero-order chi connectivity index (χ0) is 23.8. The van der Waals surface area contributed by atoms with Crippen LogP contribution < -0.4 is 5.73 Å². The first-order chi connectivity index (χ1) is 15.7. The number of nitrogens with zero attached hydrogens (tertiary/aromatic N) is 2. The van der Waals surface area contributed by atoms with E-state index in [9.17, 15) is 4.79 Å². The number of H-pyrrole nitrogens is 1. The molecule has 8 heteroatoms. The number of halogens is 1. The molecule has 1 amide bonds. The highest BCUT2D eigenvalue weighted by Gasteiger charge is 2.24. The third-order valence-electron chi connectivity index (χ3n) is 5.69. The molecule has 33 heavy (non-hydrogen) atoms. The zero-order valence-electron chi connectivity index (χ0n) is 19.4. The van der Waals surface area contributed by atoms with Crippen LogP contribution in [0.15, 0.2) is 48.8 Å². The van der Waals surface area contributed by atoms with E-state index in [0.29, 0.717) is 22.9 Å². The predicted octanol–water partition coefficient (Wildman–Crippen LogP) is 6.07. The van der Waals surface area contributed by atoms with Crippen molar-refractivity contribution in [2.24, 2.45) is 5.73 Å². The highest BCUT2D eigenvalue weighted by atomic mass is 35.5. The number of primary amides is 1. The van der Waals surface area contributed by atoms with Crippen LogP contribution in [0.2, 0.25) is 30.7 Å². The number of rotatable bonds is 8. The number of nitrogens with one attached hydrogen (secondary N) is 1. The van der Waals surface area contributed by atoms with Crippen LogP contribution in [0.4, 0.5) is 0 Å². The molecule has 0 aliphatic carbocycles. The molecule has 3 heterocycles. The van der Waals surface area contributed by atoms with Crippen LogP contribution in [0, 0.1) is 6.92 Å². The molecule has 0 atom stereocenters. The van der Waals surface area contributed by atoms with Crippen LogP contribution in [-0.4, -0.2) is 35.1 Å². The standard InChI is InChI=1S/C25H29ClN4O2Si/c1-16-5-6-19(21(26)13-16)23-20(24(27)31)14-22(30(23)15-32-11-12-33(2,3)4)17-7-9-28-25-18(17)8-10-29-25/h5-10,13-14H,11-12,15H2,1-4H3,(H2,27,31)(H,28,29). The van der Waals surface area contributed by atoms with Gasteiger partial charge in [-0.3, -0.25) is 4.79 Å². The average Bonchev–Trinajstić information content (AvgIpc) is 3.35. The highest BCUT2D eigenvalue weighted by Crippen LogP contribution is 2.38. The monoisotopic (exact) mass is 480 g/mol. The van der Waals surface area contributed by atoms with Crippen molar-refractivity contribution >= 4 is 36.6 Å². The Labute approximate surface area is 199 Å². The summed E-state index contributed by atoms with van der Waals surface area (Å²) < 4.78 is 8.15. The fourth-order valence-corrected chi connectivity index (χ4v) is 5.00. The van der Waals surface area contributed by atoms with E-state index in [1.807, 2.05) is 54.1 Å². The SMILES string of the molecule is Cc1ccc(-c2c(C(N)=O)cc(-c3ccnc4[nH]ccc34)n2COCC[Si](C)(C)C)c(Cl)c1. The molecule has 3 aromatic heterocycles. The van der Waals surface area contributed by atoms with Crippen LogP contribution in [0.5, 0.6) is 0 Å². The number of ether oxygens (including phenoxy) is 1. The van der Waals surface area contributed by atoms with E-state index < -0.39 is 14.0 Å². The number of aryl methyl sites for hydroxylation is 1. The second-order valence-electron chi connectivity index (χ2n) is 9.51. The number of benzene rings is 1. The van der Waals surface area contributed by atoms with Gasteiger partial charge in [-0.05, 0) is 42.8 Å². The first-order valence-corrected chi connectivity index (χ1v) is 15.0. The minimum Gasteiger partial charge on any atom is -0.366 e. The number of aromatic amines is 1. The Kier molecular flexibility index (Phi) is 6.47. The van der Waals surface area contributed by atoms with Gasteiger partial charge in [0, 0.05) is 43.6 Å². The first kappa shape index (κ1) is 23.3. The second kappa shape index (κ2) is 9.17. The number of nitrogens with two attached hydrogens (primary N) is 1. The summed E-state index contributed by atoms with van der Waals surface area (Å²) in [6.07, 6.45) is 3.60. The number of hydrogen-bond acceptors (Lipinski definition) is 3. The van der Waals surface area contributed by atoms with Crippen molar-refractivity contribution in [1.29, 1.82) is 0 Å². The molecule has 3 N–H and O–H groups in total. The lowest BCUT2D eigenvalue weighted by molar-refractivity contribution is 0.0893. The summed E-state index contributed by atoms with van der Waals surface area (Å²) in [6, 6.07) is 12.6. The molecule has 4 aromatic rings. The lowest BCUT2D eigenvalue weighted by atomic mass is 10.1. The second-order valence-corrected chi connectivity index (χ2v) is 15.5. The fourth-order valence-electron chi connectivity index (χ4n) is 3.92. The van der Waals surface area contributed by atoms with E-state index in [-0.39, 0.29) is 6.73 Å². The minimum atomic E-state index is -1.25. The topological polar surface area (TPSA) is 85.9 Å². The van der Waals surface area contributed by atoms with Crippen molar-refractivity contribution in [1.82, 2.24) is 14.5 Å². The minimum absolute atomic E-state index is 0.279. The van der Waals surface area contributed by atoms with Gasteiger partial charge in [-0.1, -0.05) is 43.4 Å². The number of pyridine rings is 1. The summed E-state index contributed by atoms with van der Waals surface area (Å²) in [5.41, 5.74) is 11.2. The van der Waals surface area contributed by atoms with Gasteiger partial charge in [-0.25, -0.2) is 4.98 Å². The Balaban J connectivity index is 1.90. The van der Waals surface area contributed by atoms with Crippen molar-refractivity contribution < 1.29 is 9.53 Å². The largest absolute Gasteiger partial charge is 0.366 e. The Hall–Kier alpha value is -2.87. The maximum atomic E-state index is 12.6. The third kappa shape index (κ3) is 4.90. The smallest absolute Gasteiger partial charge is 0.250 e. The van der Waals surface area contributed by atoms with Crippen LogP contribution in [0.3, 0.4) is 0 Å². The number of carbonyl (C=O) groups is 1. The maximum Gasteiger partial charge on any atom is 0.250 e. The Morgan fingerprint density at radius 2 is 1.97 bits per heavy atom. The molecule has 0 spiro atoms. The molecular formula is C25H29ClN4O2Si. The molecule has 4 rings (SSSR count). The molecule has 172 valence electrons. The van der Waals surface area contributed by atoms with Gasteiger partial charge >= 0.3 is 0 Å². The molecule has 0 saturated heterocycles. The van der Waals surface area contributed by atoms with Crippen LogP contribution >= 0.6 is 11.6 Å². The van der Waals surface area contributed by atoms with Gasteiger partial charge in [0.1, 0.15) is 12.4 Å². The maximum absolute atomic E-state index is 12.6. The number of carbonyl (C=O) groups excluding carboxylic acids is 1. The van der Waals surface area contributed by atoms with Gasteiger partial charge in [0.05, 0.1) is 22.0 Å². The van der Waals surface area contributed by atoms with Crippen LogP contribution in [-0.2, 0) is 11.5 Å². The van der Waals surface area contributed by atoms with Gasteiger partial charge in [-0.2, -0.15) is 0 Å². The molecule has 0 bridgehead atoms. The molecule has 0 radical (unpaired) electrons. The molecule has 0 fully saturated rings. The molecule has 0 unspecified atom stereocenters. The van der Waals surface area contributed by atoms with Crippen molar-refractivity contribution in [2.75, 3.05) is 6.61 Å². The Bertz CT molecular complexity index is 1320. The predicted molar refractivity (Wildman–Crippen MR) is 137 cm³/mol. The molecule has 6 nitrogen and oxygen atoms in total. The lowest BCUT2D eigenvalue weighted by Gasteiger charge is -2.19. The van der Waals surface area contributed by atoms with Gasteiger partial charge < -0.3 is 20.0 Å². The molecular weight excluding hydrogens is 452 g/mol. The highest BCUT2D eigenvalue weighted by molar-refractivity contribution is 6.76. The number of aromatic nitrogens is 3. The molecule has 0 aliphatic heterocycles. The third-order valence-corrected chi connectivity index (χ3v) is 7.71. The molecule has 0 saturated carbocycles. The van der Waals surface area contributed by atoms with Crippen molar-refractivity contribution in [3.63, 3.8) is 0 Å². The number of amides is 1. The number of hydrogen-bond donors (Lipinski definition) is 2. The summed E-state index contributed by atoms with van der Waals surface area (Å²) in [5, 5.41) is 1.52. The summed E-state index contributed by atoms with van der Waals surface area (Å²) in [5.74, 6) is -0.511. The molecule has 1 aromatic carbocycles. The van der Waals surface area contributed by atoms with Crippen molar-refractivity contribution in [2.45, 2.75) is 39.3 Å². The van der Waals surface area contributed by atoms with Crippen molar-refractivity contribution in [3.8, 4) is 22.5 Å². The first-order valence-electron chi connectivity index (χ1n) is 11.0. The summed E-state index contributed by atoms with van der Waals surface area (Å²) in [7, 11) is -1.25. The van der Waals surface area contributed by atoms with Gasteiger partial charge in [0.2, 0.25) is 0 Å². The molecule has 0 aliphatic rings. The van der Waals surface area contributed by atoms with E-state index in [1.165, 1.54) is 0 Å². The van der Waals surface area contributed by atoms with E-state index >= 15 is 0 Å². The van der Waals surface area contributed by atoms with Crippen molar-refractivity contribution in [3.05, 3.63) is 64.9 Å². The fraction of sp³-hybridized carbons (Fsp3) is 0.280. The summed E-state index contributed by atoms with van der Waals surface area (Å²) in [4.78, 5) is 20.1. The van der Waals surface area contributed by atoms with E-state index in [2.05, 4.69) is 29.6 Å². The summed E-state index contributed by atoms with van der Waals surface area (Å²) >= 11 is 6.65. The summed E-state index contributed by atoms with van der Waals surface area (Å²) in [6.45, 7) is 9.87. The quantitative estimate of drug-likeness (QED) is 0.237. The Morgan fingerprint density at radius 3 is 2.67 bits per heavy atom. The number of fused-ring (bicyclic) bond motifs is 1. The normalized spacial score (nSPS) is 11.9. The van der Waals surface area contributed by atoms with Crippen LogP contribution in [0.25, 0.3) is 33.5 Å². The van der Waals surface area contributed by atoms with E-state index in [1.54, 1.807) is 6.20 Å². The van der Waals surface area contributed by atoms with Gasteiger partial charge in [-0.15, -0.1) is 0 Å². The Morgan fingerprint density at radius 1 is 1.18 bits per heavy atom. The zero-order valence-corrected chi connectivity index (χ0v) is 21.2. The van der Waals surface area contributed by atoms with E-state index in [0.717, 1.165) is 39.5 Å². The van der Waals surface area contributed by atoms with Crippen LogP contribution in [0.1, 0.15) is 15.9 Å². The lowest BCUT2D eigenvalue weighted by Crippen LogP contribution is -2.22. The average molecular weight is 481 g/mol. The van der Waals surface area contributed by atoms with Gasteiger partial charge in [0.15, 0.2) is 0 Å². The van der Waals surface area contributed by atoms with Gasteiger partial charge in [0.25, 0.3) is 5.91 Å².